The second-order valence-corrected chi connectivity index (χ2v) is 5.78. The summed E-state index contributed by atoms with van der Waals surface area (Å²) in [5, 5.41) is 8.19. The first-order valence-electron chi connectivity index (χ1n) is 7.86. The van der Waals surface area contributed by atoms with E-state index < -0.39 is 12.1 Å². The number of hydrogen-bond donors (Lipinski definition) is 4. The summed E-state index contributed by atoms with van der Waals surface area (Å²) >= 11 is 6.12. The molecule has 0 aliphatic carbocycles. The van der Waals surface area contributed by atoms with Crippen molar-refractivity contribution in [1.29, 1.82) is 0 Å². The number of carbonyl (C=O) groups is 3. The van der Waals surface area contributed by atoms with Crippen LogP contribution < -0.4 is 21.7 Å². The van der Waals surface area contributed by atoms with Gasteiger partial charge < -0.3 is 26.1 Å². The van der Waals surface area contributed by atoms with Crippen molar-refractivity contribution in [2.24, 2.45) is 5.73 Å². The minimum absolute atomic E-state index is 0.0429. The number of carbonyl (C=O) groups excluding carboxylic acids is 3. The van der Waals surface area contributed by atoms with Gasteiger partial charge in [0.15, 0.2) is 5.76 Å². The van der Waals surface area contributed by atoms with Crippen LogP contribution in [0.15, 0.2) is 47.1 Å². The second-order valence-electron chi connectivity index (χ2n) is 5.37. The zero-order valence-corrected chi connectivity index (χ0v) is 14.6. The first-order chi connectivity index (χ1) is 12.5. The lowest BCUT2D eigenvalue weighted by atomic mass is 10.0. The maximum absolute atomic E-state index is 12.1. The van der Waals surface area contributed by atoms with Crippen molar-refractivity contribution in [3.05, 3.63) is 59.0 Å². The lowest BCUT2D eigenvalue weighted by Crippen LogP contribution is -2.39. The van der Waals surface area contributed by atoms with Crippen molar-refractivity contribution in [2.75, 3.05) is 13.1 Å². The van der Waals surface area contributed by atoms with Crippen LogP contribution in [0, 0.1) is 0 Å². The molecular weight excluding hydrogens is 360 g/mol. The molecule has 138 valence electrons. The number of hydrogen-bond acceptors (Lipinski definition) is 4. The Bertz CT molecular complexity index is 764. The Hall–Kier alpha value is -3.00. The summed E-state index contributed by atoms with van der Waals surface area (Å²) in [5.41, 5.74) is 5.77. The zero-order chi connectivity index (χ0) is 18.9. The third-order valence-corrected chi connectivity index (χ3v) is 3.81. The molecule has 1 aromatic carbocycles. The van der Waals surface area contributed by atoms with Gasteiger partial charge in [-0.3, -0.25) is 9.59 Å². The number of nitrogens with two attached hydrogens (primary N) is 1. The fourth-order valence-corrected chi connectivity index (χ4v) is 2.57. The standard InChI is InChI=1S/C17H19ClN4O4/c18-12-5-2-1-4-11(12)13(22-17(19)25)10-15(23)20-7-8-21-16(24)14-6-3-9-26-14/h1-6,9,13H,7-8,10H2,(H,20,23)(H,21,24)(H3,19,22,25)/t13-/m0/s1. The minimum atomic E-state index is -0.756. The van der Waals surface area contributed by atoms with Gasteiger partial charge in [0.25, 0.3) is 5.91 Å². The van der Waals surface area contributed by atoms with Gasteiger partial charge in [0.1, 0.15) is 0 Å². The molecule has 8 nitrogen and oxygen atoms in total. The zero-order valence-electron chi connectivity index (χ0n) is 13.8. The average Bonchev–Trinajstić information content (AvgIpc) is 3.13. The van der Waals surface area contributed by atoms with Crippen molar-refractivity contribution in [3.63, 3.8) is 0 Å². The molecule has 2 rings (SSSR count). The van der Waals surface area contributed by atoms with Gasteiger partial charge in [0.2, 0.25) is 5.91 Å². The molecule has 0 fully saturated rings. The predicted octanol–water partition coefficient (Wildman–Crippen LogP) is 1.58. The van der Waals surface area contributed by atoms with Crippen LogP contribution in [-0.4, -0.2) is 30.9 Å². The summed E-state index contributed by atoms with van der Waals surface area (Å²) in [6.07, 6.45) is 1.36. The molecular formula is C17H19ClN4O4. The third kappa shape index (κ3) is 5.82. The SMILES string of the molecule is NC(=O)N[C@@H](CC(=O)NCCNC(=O)c1ccco1)c1ccccc1Cl. The molecule has 0 aliphatic rings. The Morgan fingerprint density at radius 3 is 2.46 bits per heavy atom. The van der Waals surface area contributed by atoms with Gasteiger partial charge in [-0.2, -0.15) is 0 Å². The number of urea groups is 1. The molecule has 0 saturated carbocycles. The number of halogens is 1. The van der Waals surface area contributed by atoms with Crippen LogP contribution in [0.2, 0.25) is 5.02 Å². The average molecular weight is 379 g/mol. The van der Waals surface area contributed by atoms with Gasteiger partial charge in [-0.05, 0) is 23.8 Å². The van der Waals surface area contributed by atoms with E-state index in [4.69, 9.17) is 21.8 Å². The number of benzene rings is 1. The molecule has 5 N–H and O–H groups in total. The maximum Gasteiger partial charge on any atom is 0.312 e. The van der Waals surface area contributed by atoms with E-state index in [1.807, 2.05) is 0 Å². The highest BCUT2D eigenvalue weighted by molar-refractivity contribution is 6.31. The van der Waals surface area contributed by atoms with Crippen LogP contribution in [0.25, 0.3) is 0 Å². The summed E-state index contributed by atoms with van der Waals surface area (Å²) in [6, 6.07) is 8.60. The molecule has 26 heavy (non-hydrogen) atoms. The molecule has 2 aromatic rings. The van der Waals surface area contributed by atoms with E-state index in [0.717, 1.165) is 0 Å². The molecule has 1 heterocycles. The van der Waals surface area contributed by atoms with Crippen LogP contribution in [0.3, 0.4) is 0 Å². The van der Waals surface area contributed by atoms with Gasteiger partial charge in [-0.15, -0.1) is 0 Å². The smallest absolute Gasteiger partial charge is 0.312 e. The molecule has 4 amide bonds. The molecule has 0 spiro atoms. The molecule has 1 aromatic heterocycles. The molecule has 0 aliphatic heterocycles. The maximum atomic E-state index is 12.1. The van der Waals surface area contributed by atoms with Crippen LogP contribution in [0.1, 0.15) is 28.6 Å². The number of primary amides is 1. The monoisotopic (exact) mass is 378 g/mol. The van der Waals surface area contributed by atoms with Crippen LogP contribution >= 0.6 is 11.6 Å². The lowest BCUT2D eigenvalue weighted by molar-refractivity contribution is -0.121. The molecule has 0 unspecified atom stereocenters. The fourth-order valence-electron chi connectivity index (χ4n) is 2.30. The Balaban J connectivity index is 1.82. The van der Waals surface area contributed by atoms with E-state index in [1.54, 1.807) is 30.3 Å². The van der Waals surface area contributed by atoms with E-state index in [2.05, 4.69) is 16.0 Å². The lowest BCUT2D eigenvalue weighted by Gasteiger charge is -2.19. The highest BCUT2D eigenvalue weighted by Crippen LogP contribution is 2.24. The van der Waals surface area contributed by atoms with E-state index in [9.17, 15) is 14.4 Å². The highest BCUT2D eigenvalue weighted by atomic mass is 35.5. The molecule has 0 bridgehead atoms. The largest absolute Gasteiger partial charge is 0.459 e. The van der Waals surface area contributed by atoms with Crippen LogP contribution in [0.4, 0.5) is 4.79 Å². The Morgan fingerprint density at radius 1 is 1.08 bits per heavy atom. The molecule has 0 saturated heterocycles. The summed E-state index contributed by atoms with van der Waals surface area (Å²) in [5.74, 6) is -0.495. The van der Waals surface area contributed by atoms with Gasteiger partial charge in [0, 0.05) is 18.1 Å². The predicted molar refractivity (Wildman–Crippen MR) is 95.6 cm³/mol. The van der Waals surface area contributed by atoms with Crippen molar-refractivity contribution in [2.45, 2.75) is 12.5 Å². The van der Waals surface area contributed by atoms with Crippen LogP contribution in [0.5, 0.6) is 0 Å². The van der Waals surface area contributed by atoms with Crippen molar-refractivity contribution in [1.82, 2.24) is 16.0 Å². The van der Waals surface area contributed by atoms with E-state index in [-0.39, 0.29) is 37.1 Å². The first-order valence-corrected chi connectivity index (χ1v) is 8.24. The molecule has 1 atom stereocenters. The minimum Gasteiger partial charge on any atom is -0.459 e. The van der Waals surface area contributed by atoms with E-state index in [0.29, 0.717) is 10.6 Å². The van der Waals surface area contributed by atoms with Crippen molar-refractivity contribution < 1.29 is 18.8 Å². The highest BCUT2D eigenvalue weighted by Gasteiger charge is 2.19. The fraction of sp³-hybridized carbons (Fsp3) is 0.235. The van der Waals surface area contributed by atoms with E-state index in [1.165, 1.54) is 12.3 Å². The molecule has 0 radical (unpaired) electrons. The van der Waals surface area contributed by atoms with E-state index >= 15 is 0 Å². The topological polar surface area (TPSA) is 126 Å². The number of amides is 4. The quantitative estimate of drug-likeness (QED) is 0.520. The summed E-state index contributed by atoms with van der Waals surface area (Å²) in [6.45, 7) is 0.447. The van der Waals surface area contributed by atoms with Crippen molar-refractivity contribution >= 4 is 29.4 Å². The van der Waals surface area contributed by atoms with Crippen LogP contribution in [-0.2, 0) is 4.79 Å². The van der Waals surface area contributed by atoms with Crippen molar-refractivity contribution in [3.8, 4) is 0 Å². The Labute approximate surface area is 155 Å². The number of rotatable bonds is 8. The Kier molecular flexibility index (Phi) is 7.04. The van der Waals surface area contributed by atoms with Gasteiger partial charge in [0.05, 0.1) is 18.7 Å². The van der Waals surface area contributed by atoms with Gasteiger partial charge >= 0.3 is 6.03 Å². The normalized spacial score (nSPS) is 11.4. The summed E-state index contributed by atoms with van der Waals surface area (Å²) in [4.78, 5) is 35.0. The molecule has 9 heteroatoms. The summed E-state index contributed by atoms with van der Waals surface area (Å²) in [7, 11) is 0. The Morgan fingerprint density at radius 2 is 1.81 bits per heavy atom. The third-order valence-electron chi connectivity index (χ3n) is 3.46. The number of furan rings is 1. The van der Waals surface area contributed by atoms with Gasteiger partial charge in [-0.25, -0.2) is 4.79 Å². The first kappa shape index (κ1) is 19.3. The number of nitrogens with one attached hydrogen (secondary N) is 3. The second kappa shape index (κ2) is 9.47. The van der Waals surface area contributed by atoms with Gasteiger partial charge in [-0.1, -0.05) is 29.8 Å². The summed E-state index contributed by atoms with van der Waals surface area (Å²) < 4.78 is 4.96.